The second kappa shape index (κ2) is 7.53. The van der Waals surface area contributed by atoms with Gasteiger partial charge in [0.2, 0.25) is 0 Å². The Kier molecular flexibility index (Phi) is 5.14. The predicted molar refractivity (Wildman–Crippen MR) is 103 cm³/mol. The van der Waals surface area contributed by atoms with Gasteiger partial charge in [0.05, 0.1) is 11.6 Å². The number of Topliss-reactive ketones (excluding diaryl/α,β-unsaturated/α-hetero) is 1. The van der Waals surface area contributed by atoms with Crippen LogP contribution in [0.5, 0.6) is 0 Å². The number of halogens is 1. The van der Waals surface area contributed by atoms with E-state index in [-0.39, 0.29) is 5.78 Å². The van der Waals surface area contributed by atoms with Gasteiger partial charge >= 0.3 is 7.12 Å². The molecule has 0 bridgehead atoms. The molecule has 1 fully saturated rings. The van der Waals surface area contributed by atoms with Gasteiger partial charge in [-0.3, -0.25) is 9.69 Å². The molecule has 1 N–H and O–H groups in total. The summed E-state index contributed by atoms with van der Waals surface area (Å²) in [6.07, 6.45) is 1.51. The Balaban J connectivity index is 1.39. The minimum atomic E-state index is -0.957. The van der Waals surface area contributed by atoms with E-state index in [0.29, 0.717) is 35.0 Å². The van der Waals surface area contributed by atoms with Crippen LogP contribution in [0.4, 0.5) is 0 Å². The van der Waals surface area contributed by atoms with Gasteiger partial charge in [0.25, 0.3) is 0 Å². The third-order valence-corrected chi connectivity index (χ3v) is 5.60. The number of fused-ring (bicyclic) bond motifs is 1. The normalized spacial score (nSPS) is 19.8. The Hall–Kier alpha value is -1.66. The van der Waals surface area contributed by atoms with Crippen molar-refractivity contribution in [2.75, 3.05) is 13.1 Å². The maximum Gasteiger partial charge on any atom is 0.491 e. The average Bonchev–Trinajstić information content (AvgIpc) is 3.21. The zero-order chi connectivity index (χ0) is 18.1. The monoisotopic (exact) mass is 369 g/mol. The lowest BCUT2D eigenvalue weighted by Crippen LogP contribution is -2.29. The Morgan fingerprint density at radius 2 is 2.12 bits per heavy atom. The molecule has 2 aromatic rings. The first-order chi connectivity index (χ1) is 12.6. The molecule has 2 aliphatic rings. The molecule has 1 saturated heterocycles. The van der Waals surface area contributed by atoms with Gasteiger partial charge in [0.1, 0.15) is 0 Å². The Bertz CT molecular complexity index is 814. The van der Waals surface area contributed by atoms with Crippen molar-refractivity contribution < 1.29 is 14.5 Å². The van der Waals surface area contributed by atoms with E-state index in [9.17, 15) is 9.82 Å². The van der Waals surface area contributed by atoms with Crippen molar-refractivity contribution in [2.45, 2.75) is 26.0 Å². The summed E-state index contributed by atoms with van der Waals surface area (Å²) in [4.78, 5) is 15.2. The molecule has 26 heavy (non-hydrogen) atoms. The first-order valence-electron chi connectivity index (χ1n) is 9.01. The van der Waals surface area contributed by atoms with Crippen molar-refractivity contribution in [3.63, 3.8) is 0 Å². The third kappa shape index (κ3) is 3.72. The van der Waals surface area contributed by atoms with Crippen molar-refractivity contribution in [2.24, 2.45) is 5.92 Å². The molecule has 4 nitrogen and oxygen atoms in total. The molecule has 134 valence electrons. The summed E-state index contributed by atoms with van der Waals surface area (Å²) in [5.41, 5.74) is 3.32. The standard InChI is InChI=1S/C20H21BClNO3/c22-19-9-16-13-26-21(25)18(16)10-17(19)20(24)8-15-6-7-23(12-15)11-14-4-2-1-3-5-14/h1-5,9-10,15,25H,6-8,11-13H2. The molecular formula is C20H21BClNO3. The molecule has 6 heteroatoms. The number of carbonyl (C=O) groups is 1. The second-order valence-electron chi connectivity index (χ2n) is 7.20. The SMILES string of the molecule is O=C(CC1CCN(Cc2ccccc2)C1)c1cc2c(cc1Cl)COB2O. The summed E-state index contributed by atoms with van der Waals surface area (Å²) >= 11 is 6.30. The van der Waals surface area contributed by atoms with Gasteiger partial charge in [-0.1, -0.05) is 41.9 Å². The van der Waals surface area contributed by atoms with Crippen LogP contribution in [-0.2, 0) is 17.8 Å². The van der Waals surface area contributed by atoms with Gasteiger partial charge in [-0.15, -0.1) is 0 Å². The Labute approximate surface area is 158 Å². The smallest absolute Gasteiger partial charge is 0.423 e. The average molecular weight is 370 g/mol. The summed E-state index contributed by atoms with van der Waals surface area (Å²) in [7, 11) is -0.957. The molecule has 4 rings (SSSR count). The fourth-order valence-electron chi connectivity index (χ4n) is 3.90. The lowest BCUT2D eigenvalue weighted by molar-refractivity contribution is 0.0962. The highest BCUT2D eigenvalue weighted by Crippen LogP contribution is 2.27. The first kappa shape index (κ1) is 17.7. The number of rotatable bonds is 5. The fraction of sp³-hybridized carbons (Fsp3) is 0.350. The number of likely N-dealkylation sites (tertiary alicyclic amines) is 1. The summed E-state index contributed by atoms with van der Waals surface area (Å²) in [5, 5.41) is 10.3. The van der Waals surface area contributed by atoms with E-state index >= 15 is 0 Å². The van der Waals surface area contributed by atoms with Crippen LogP contribution in [0.2, 0.25) is 5.02 Å². The highest BCUT2D eigenvalue weighted by atomic mass is 35.5. The van der Waals surface area contributed by atoms with E-state index in [1.807, 2.05) is 6.07 Å². The Morgan fingerprint density at radius 3 is 2.92 bits per heavy atom. The van der Waals surface area contributed by atoms with Gasteiger partial charge < -0.3 is 9.68 Å². The van der Waals surface area contributed by atoms with Gasteiger partial charge in [-0.05, 0) is 47.6 Å². The fourth-order valence-corrected chi connectivity index (χ4v) is 4.19. The second-order valence-corrected chi connectivity index (χ2v) is 7.60. The summed E-state index contributed by atoms with van der Waals surface area (Å²) < 4.78 is 5.20. The first-order valence-corrected chi connectivity index (χ1v) is 9.39. The van der Waals surface area contributed by atoms with E-state index in [4.69, 9.17) is 16.3 Å². The maximum atomic E-state index is 12.8. The van der Waals surface area contributed by atoms with Gasteiger partial charge in [-0.25, -0.2) is 0 Å². The lowest BCUT2D eigenvalue weighted by Gasteiger charge is -2.16. The van der Waals surface area contributed by atoms with E-state index in [2.05, 4.69) is 29.2 Å². The number of carbonyl (C=O) groups excluding carboxylic acids is 1. The predicted octanol–water partition coefficient (Wildman–Crippen LogP) is 2.65. The highest BCUT2D eigenvalue weighted by Gasteiger charge is 2.31. The molecule has 2 heterocycles. The summed E-state index contributed by atoms with van der Waals surface area (Å²) in [6, 6.07) is 13.9. The number of hydrogen-bond donors (Lipinski definition) is 1. The Morgan fingerprint density at radius 1 is 1.31 bits per heavy atom. The molecule has 1 atom stereocenters. The van der Waals surface area contributed by atoms with Crippen molar-refractivity contribution in [3.05, 3.63) is 64.2 Å². The van der Waals surface area contributed by atoms with Crippen LogP contribution >= 0.6 is 11.6 Å². The molecule has 0 aliphatic carbocycles. The lowest BCUT2D eigenvalue weighted by atomic mass is 9.78. The van der Waals surface area contributed by atoms with Crippen molar-refractivity contribution in [3.8, 4) is 0 Å². The molecule has 0 radical (unpaired) electrons. The number of nitrogens with zero attached hydrogens (tertiary/aromatic N) is 1. The van der Waals surface area contributed by atoms with E-state index < -0.39 is 7.12 Å². The molecule has 0 amide bonds. The van der Waals surface area contributed by atoms with Crippen LogP contribution in [-0.4, -0.2) is 35.9 Å². The van der Waals surface area contributed by atoms with Gasteiger partial charge in [0, 0.05) is 25.1 Å². The maximum absolute atomic E-state index is 12.8. The number of hydrogen-bond acceptors (Lipinski definition) is 4. The van der Waals surface area contributed by atoms with Crippen LogP contribution in [0.1, 0.15) is 34.3 Å². The van der Waals surface area contributed by atoms with Gasteiger partial charge in [0.15, 0.2) is 5.78 Å². The third-order valence-electron chi connectivity index (χ3n) is 5.29. The molecule has 2 aliphatic heterocycles. The van der Waals surface area contributed by atoms with E-state index in [1.165, 1.54) is 5.56 Å². The minimum Gasteiger partial charge on any atom is -0.423 e. The number of benzene rings is 2. The zero-order valence-corrected chi connectivity index (χ0v) is 15.3. The van der Waals surface area contributed by atoms with Crippen molar-refractivity contribution >= 4 is 30.0 Å². The largest absolute Gasteiger partial charge is 0.491 e. The quantitative estimate of drug-likeness (QED) is 0.650. The molecule has 0 aromatic heterocycles. The summed E-state index contributed by atoms with van der Waals surface area (Å²) in [6.45, 7) is 3.20. The van der Waals surface area contributed by atoms with Gasteiger partial charge in [-0.2, -0.15) is 0 Å². The molecular weight excluding hydrogens is 348 g/mol. The van der Waals surface area contributed by atoms with Crippen LogP contribution < -0.4 is 5.46 Å². The minimum absolute atomic E-state index is 0.0449. The van der Waals surface area contributed by atoms with E-state index in [0.717, 1.165) is 31.6 Å². The van der Waals surface area contributed by atoms with E-state index in [1.54, 1.807) is 12.1 Å². The van der Waals surface area contributed by atoms with Crippen LogP contribution in [0, 0.1) is 5.92 Å². The topological polar surface area (TPSA) is 49.8 Å². The van der Waals surface area contributed by atoms with Crippen LogP contribution in [0.25, 0.3) is 0 Å². The molecule has 1 unspecified atom stereocenters. The molecule has 2 aromatic carbocycles. The number of ketones is 1. The highest BCUT2D eigenvalue weighted by molar-refractivity contribution is 6.61. The summed E-state index contributed by atoms with van der Waals surface area (Å²) in [5.74, 6) is 0.389. The van der Waals surface area contributed by atoms with Crippen LogP contribution in [0.3, 0.4) is 0 Å². The van der Waals surface area contributed by atoms with Crippen molar-refractivity contribution in [1.29, 1.82) is 0 Å². The zero-order valence-electron chi connectivity index (χ0n) is 14.5. The molecule has 0 saturated carbocycles. The molecule has 0 spiro atoms. The van der Waals surface area contributed by atoms with Crippen LogP contribution in [0.15, 0.2) is 42.5 Å². The van der Waals surface area contributed by atoms with Crippen molar-refractivity contribution in [1.82, 2.24) is 4.90 Å².